The summed E-state index contributed by atoms with van der Waals surface area (Å²) in [5, 5.41) is 6.84. The lowest BCUT2D eigenvalue weighted by molar-refractivity contribution is -0.119. The lowest BCUT2D eigenvalue weighted by Crippen LogP contribution is -2.56. The molecule has 0 radical (unpaired) electrons. The van der Waals surface area contributed by atoms with Gasteiger partial charge in [-0.25, -0.2) is 14.8 Å². The highest BCUT2D eigenvalue weighted by Crippen LogP contribution is 2.24. The van der Waals surface area contributed by atoms with Crippen molar-refractivity contribution in [3.05, 3.63) is 11.2 Å². The molecule has 9 nitrogen and oxygen atoms in total. The van der Waals surface area contributed by atoms with Gasteiger partial charge in [0.2, 0.25) is 5.91 Å². The summed E-state index contributed by atoms with van der Waals surface area (Å²) in [6.45, 7) is 16.2. The third kappa shape index (κ3) is 10.0. The second-order valence-electron chi connectivity index (χ2n) is 8.98. The van der Waals surface area contributed by atoms with Crippen LogP contribution in [-0.2, 0) is 4.79 Å². The first-order valence-corrected chi connectivity index (χ1v) is 14.1. The monoisotopic (exact) mass is 527 g/mol. The van der Waals surface area contributed by atoms with Gasteiger partial charge in [0.05, 0.1) is 5.75 Å². The first-order valence-electron chi connectivity index (χ1n) is 12.8. The van der Waals surface area contributed by atoms with Crippen LogP contribution in [0.3, 0.4) is 0 Å². The molecule has 1 fully saturated rings. The number of nitrogens with one attached hydrogen (secondary N) is 2. The number of urea groups is 1. The Kier molecular flexibility index (Phi) is 12.9. The fraction of sp³-hybridized carbons (Fsp3) is 0.750. The van der Waals surface area contributed by atoms with Crippen molar-refractivity contribution >= 4 is 41.1 Å². The van der Waals surface area contributed by atoms with Gasteiger partial charge in [-0.3, -0.25) is 4.79 Å². The highest BCUT2D eigenvalue weighted by atomic mass is 35.5. The molecular formula is C24H42ClN7O2S. The highest BCUT2D eigenvalue weighted by molar-refractivity contribution is 7.99. The van der Waals surface area contributed by atoms with Gasteiger partial charge in [-0.2, -0.15) is 0 Å². The summed E-state index contributed by atoms with van der Waals surface area (Å²) >= 11 is 7.56. The van der Waals surface area contributed by atoms with E-state index in [9.17, 15) is 9.59 Å². The third-order valence-corrected chi connectivity index (χ3v) is 7.19. The number of nitrogens with zero attached hydrogens (tertiary/aromatic N) is 5. The van der Waals surface area contributed by atoms with Crippen LogP contribution in [0.25, 0.3) is 0 Å². The SMILES string of the molecule is CCCNC(=O)N1CCN(c2cc(Cl)nc(SCC(=O)NC(C)CCCN(CC)CC)n2)CC1C. The van der Waals surface area contributed by atoms with Crippen molar-refractivity contribution in [3.63, 3.8) is 0 Å². The van der Waals surface area contributed by atoms with Crippen molar-refractivity contribution in [2.75, 3.05) is 56.5 Å². The predicted molar refractivity (Wildman–Crippen MR) is 144 cm³/mol. The molecule has 2 heterocycles. The lowest BCUT2D eigenvalue weighted by Gasteiger charge is -2.40. The molecule has 198 valence electrons. The number of piperazine rings is 1. The molecule has 35 heavy (non-hydrogen) atoms. The number of carbonyl (C=O) groups excluding carboxylic acids is 2. The summed E-state index contributed by atoms with van der Waals surface area (Å²) in [4.78, 5) is 40.1. The number of carbonyl (C=O) groups is 2. The number of amides is 3. The lowest BCUT2D eigenvalue weighted by atomic mass is 10.2. The van der Waals surface area contributed by atoms with Crippen molar-refractivity contribution in [3.8, 4) is 0 Å². The minimum absolute atomic E-state index is 0.0238. The van der Waals surface area contributed by atoms with Gasteiger partial charge in [-0.15, -0.1) is 0 Å². The van der Waals surface area contributed by atoms with Gasteiger partial charge in [0.1, 0.15) is 11.0 Å². The van der Waals surface area contributed by atoms with Crippen LogP contribution in [0, 0.1) is 0 Å². The first-order chi connectivity index (χ1) is 16.8. The quantitative estimate of drug-likeness (QED) is 0.230. The Labute approximate surface area is 219 Å². The molecule has 0 aliphatic carbocycles. The molecule has 1 aromatic heterocycles. The number of halogens is 1. The molecule has 0 bridgehead atoms. The zero-order chi connectivity index (χ0) is 25.8. The summed E-state index contributed by atoms with van der Waals surface area (Å²) in [7, 11) is 0. The van der Waals surface area contributed by atoms with E-state index in [4.69, 9.17) is 11.6 Å². The van der Waals surface area contributed by atoms with Crippen LogP contribution in [0.5, 0.6) is 0 Å². The Bertz CT molecular complexity index is 812. The van der Waals surface area contributed by atoms with Crippen LogP contribution in [0.15, 0.2) is 11.2 Å². The average molecular weight is 528 g/mol. The molecule has 2 unspecified atom stereocenters. The number of anilines is 1. The van der Waals surface area contributed by atoms with E-state index in [2.05, 4.69) is 44.2 Å². The zero-order valence-corrected chi connectivity index (χ0v) is 23.4. The molecule has 1 saturated heterocycles. The van der Waals surface area contributed by atoms with E-state index in [1.807, 2.05) is 25.7 Å². The van der Waals surface area contributed by atoms with E-state index in [0.29, 0.717) is 36.5 Å². The van der Waals surface area contributed by atoms with Crippen LogP contribution >= 0.6 is 23.4 Å². The number of hydrogen-bond acceptors (Lipinski definition) is 7. The molecule has 3 amide bonds. The van der Waals surface area contributed by atoms with E-state index < -0.39 is 0 Å². The Morgan fingerprint density at radius 1 is 1.26 bits per heavy atom. The van der Waals surface area contributed by atoms with Crippen molar-refractivity contribution in [2.45, 2.75) is 71.1 Å². The van der Waals surface area contributed by atoms with Crippen molar-refractivity contribution in [1.82, 2.24) is 30.4 Å². The maximum Gasteiger partial charge on any atom is 0.317 e. The summed E-state index contributed by atoms with van der Waals surface area (Å²) in [5.74, 6) is 0.927. The van der Waals surface area contributed by atoms with Gasteiger partial charge < -0.3 is 25.3 Å². The zero-order valence-electron chi connectivity index (χ0n) is 21.8. The van der Waals surface area contributed by atoms with E-state index in [-0.39, 0.29) is 29.8 Å². The van der Waals surface area contributed by atoms with Crippen LogP contribution in [-0.4, -0.2) is 95.4 Å². The highest BCUT2D eigenvalue weighted by Gasteiger charge is 2.28. The summed E-state index contributed by atoms with van der Waals surface area (Å²) in [5.41, 5.74) is 0. The summed E-state index contributed by atoms with van der Waals surface area (Å²) < 4.78 is 0. The average Bonchev–Trinajstić information content (AvgIpc) is 2.83. The minimum atomic E-state index is -0.0317. The Balaban J connectivity index is 1.84. The largest absolute Gasteiger partial charge is 0.353 e. The van der Waals surface area contributed by atoms with Crippen molar-refractivity contribution in [1.29, 1.82) is 0 Å². The topological polar surface area (TPSA) is 93.7 Å². The first kappa shape index (κ1) is 29.5. The molecule has 1 aliphatic rings. The van der Waals surface area contributed by atoms with Gasteiger partial charge in [-0.05, 0) is 52.7 Å². The van der Waals surface area contributed by atoms with Gasteiger partial charge in [-0.1, -0.05) is 44.1 Å². The van der Waals surface area contributed by atoms with Crippen LogP contribution < -0.4 is 15.5 Å². The molecule has 0 aromatic carbocycles. The fourth-order valence-corrected chi connectivity index (χ4v) is 4.98. The fourth-order valence-electron chi connectivity index (χ4n) is 4.09. The maximum atomic E-state index is 12.4. The van der Waals surface area contributed by atoms with Gasteiger partial charge >= 0.3 is 6.03 Å². The van der Waals surface area contributed by atoms with E-state index >= 15 is 0 Å². The molecule has 2 atom stereocenters. The number of thioether (sulfide) groups is 1. The smallest absolute Gasteiger partial charge is 0.317 e. The molecule has 11 heteroatoms. The minimum Gasteiger partial charge on any atom is -0.353 e. The molecule has 1 aromatic rings. The number of rotatable bonds is 13. The molecule has 2 N–H and O–H groups in total. The standard InChI is InChI=1S/C24H42ClN7O2S/c1-6-11-26-24(34)32-14-13-31(16-19(32)5)21-15-20(25)28-23(29-21)35-17-22(33)27-18(4)10-9-12-30(7-2)8-3/h15,18-19H,6-14,16-17H2,1-5H3,(H,26,34)(H,27,33). The van der Waals surface area contributed by atoms with E-state index in [0.717, 1.165) is 44.7 Å². The number of aromatic nitrogens is 2. The molecular weight excluding hydrogens is 486 g/mol. The second-order valence-corrected chi connectivity index (χ2v) is 10.3. The van der Waals surface area contributed by atoms with Crippen molar-refractivity contribution < 1.29 is 9.59 Å². The van der Waals surface area contributed by atoms with Gasteiger partial charge in [0.25, 0.3) is 0 Å². The third-order valence-electron chi connectivity index (χ3n) is 6.15. The van der Waals surface area contributed by atoms with Gasteiger partial charge in [0.15, 0.2) is 5.16 Å². The normalized spacial score (nSPS) is 16.9. The Hall–Kier alpha value is -1.78. The Morgan fingerprint density at radius 2 is 2.00 bits per heavy atom. The molecule has 2 rings (SSSR count). The van der Waals surface area contributed by atoms with Crippen molar-refractivity contribution in [2.24, 2.45) is 0 Å². The van der Waals surface area contributed by atoms with Crippen LogP contribution in [0.1, 0.15) is 53.9 Å². The second kappa shape index (κ2) is 15.4. The molecule has 1 aliphatic heterocycles. The van der Waals surface area contributed by atoms with E-state index in [1.54, 1.807) is 6.07 Å². The van der Waals surface area contributed by atoms with E-state index in [1.165, 1.54) is 11.8 Å². The molecule has 0 saturated carbocycles. The number of hydrogen-bond donors (Lipinski definition) is 2. The maximum absolute atomic E-state index is 12.4. The Morgan fingerprint density at radius 3 is 2.66 bits per heavy atom. The molecule has 0 spiro atoms. The summed E-state index contributed by atoms with van der Waals surface area (Å²) in [6.07, 6.45) is 2.92. The summed E-state index contributed by atoms with van der Waals surface area (Å²) in [6, 6.07) is 1.88. The van der Waals surface area contributed by atoms with Crippen LogP contribution in [0.2, 0.25) is 5.15 Å². The predicted octanol–water partition coefficient (Wildman–Crippen LogP) is 3.48. The van der Waals surface area contributed by atoms with Crippen LogP contribution in [0.4, 0.5) is 10.6 Å². The van der Waals surface area contributed by atoms with Gasteiger partial charge in [0, 0.05) is 44.3 Å².